The van der Waals surface area contributed by atoms with Crippen LogP contribution in [-0.2, 0) is 9.84 Å². The van der Waals surface area contributed by atoms with Gasteiger partial charge in [-0.3, -0.25) is 0 Å². The van der Waals surface area contributed by atoms with Gasteiger partial charge in [0.1, 0.15) is 4.51 Å². The van der Waals surface area contributed by atoms with E-state index in [0.29, 0.717) is 4.47 Å². The minimum Gasteiger partial charge on any atom is -0.389 e. The van der Waals surface area contributed by atoms with Crippen LogP contribution in [0.2, 0.25) is 0 Å². The van der Waals surface area contributed by atoms with Crippen molar-refractivity contribution in [3.8, 4) is 0 Å². The zero-order valence-corrected chi connectivity index (χ0v) is 14.4. The Bertz CT molecular complexity index is 528. The second-order valence-electron chi connectivity index (χ2n) is 4.25. The summed E-state index contributed by atoms with van der Waals surface area (Å²) in [6.45, 7) is 1.70. The summed E-state index contributed by atoms with van der Waals surface area (Å²) in [7, 11) is -3.47. The molecule has 0 amide bonds. The SMILES string of the molecule is CCC(O)(Br)C(O)CCS(=O)(=O)c1cccc(Br)c1. The van der Waals surface area contributed by atoms with E-state index in [2.05, 4.69) is 31.9 Å². The number of aliphatic hydroxyl groups is 2. The number of hydrogen-bond donors (Lipinski definition) is 2. The first kappa shape index (κ1) is 17.1. The number of benzene rings is 1. The van der Waals surface area contributed by atoms with E-state index < -0.39 is 20.5 Å². The largest absolute Gasteiger partial charge is 0.389 e. The van der Waals surface area contributed by atoms with Crippen LogP contribution in [0.4, 0.5) is 0 Å². The molecule has 0 bridgehead atoms. The van der Waals surface area contributed by atoms with Crippen LogP contribution in [-0.4, -0.2) is 35.0 Å². The molecule has 4 nitrogen and oxygen atoms in total. The highest BCUT2D eigenvalue weighted by molar-refractivity contribution is 9.10. The third-order valence-corrected chi connectivity index (χ3v) is 6.15. The third kappa shape index (κ3) is 4.82. The average Bonchev–Trinajstić information content (AvgIpc) is 2.36. The van der Waals surface area contributed by atoms with Crippen molar-refractivity contribution < 1.29 is 18.6 Å². The van der Waals surface area contributed by atoms with Crippen molar-refractivity contribution in [1.29, 1.82) is 0 Å². The summed E-state index contributed by atoms with van der Waals surface area (Å²) < 4.78 is 23.4. The molecule has 0 saturated heterocycles. The van der Waals surface area contributed by atoms with Crippen molar-refractivity contribution in [1.82, 2.24) is 0 Å². The Morgan fingerprint density at radius 2 is 2.05 bits per heavy atom. The zero-order valence-electron chi connectivity index (χ0n) is 10.4. The van der Waals surface area contributed by atoms with Crippen LogP contribution in [0.15, 0.2) is 33.6 Å². The van der Waals surface area contributed by atoms with Gasteiger partial charge in [-0.1, -0.05) is 44.8 Å². The van der Waals surface area contributed by atoms with E-state index in [4.69, 9.17) is 0 Å². The molecule has 2 unspecified atom stereocenters. The summed E-state index contributed by atoms with van der Waals surface area (Å²) in [5.41, 5.74) is 0. The molecule has 0 radical (unpaired) electrons. The number of sulfone groups is 1. The molecule has 1 aromatic rings. The topological polar surface area (TPSA) is 74.6 Å². The van der Waals surface area contributed by atoms with Crippen molar-refractivity contribution in [3.63, 3.8) is 0 Å². The van der Waals surface area contributed by atoms with Crippen molar-refractivity contribution in [2.24, 2.45) is 0 Å². The Morgan fingerprint density at radius 1 is 1.42 bits per heavy atom. The van der Waals surface area contributed by atoms with Crippen LogP contribution in [0, 0.1) is 0 Å². The molecule has 2 N–H and O–H groups in total. The molecule has 0 heterocycles. The predicted molar refractivity (Wildman–Crippen MR) is 81.0 cm³/mol. The first-order chi connectivity index (χ1) is 8.69. The molecule has 2 atom stereocenters. The minimum atomic E-state index is -3.47. The lowest BCUT2D eigenvalue weighted by Gasteiger charge is -2.25. The van der Waals surface area contributed by atoms with Crippen LogP contribution in [0.5, 0.6) is 0 Å². The second-order valence-corrected chi connectivity index (χ2v) is 8.65. The highest BCUT2D eigenvalue weighted by Crippen LogP contribution is 2.26. The maximum atomic E-state index is 12.1. The molecule has 0 spiro atoms. The van der Waals surface area contributed by atoms with Gasteiger partial charge in [-0.05, 0) is 31.0 Å². The highest BCUT2D eigenvalue weighted by atomic mass is 79.9. The minimum absolute atomic E-state index is 0.0373. The standard InChI is InChI=1S/C12H16Br2O4S/c1-2-12(14,16)11(15)6-7-19(17,18)10-5-3-4-9(13)8-10/h3-5,8,11,15-16H,2,6-7H2,1H3. The number of rotatable bonds is 6. The average molecular weight is 416 g/mol. The van der Waals surface area contributed by atoms with Crippen LogP contribution in [0.25, 0.3) is 0 Å². The quantitative estimate of drug-likeness (QED) is 0.700. The van der Waals surface area contributed by atoms with Gasteiger partial charge in [0, 0.05) is 4.47 Å². The lowest BCUT2D eigenvalue weighted by Crippen LogP contribution is -2.36. The van der Waals surface area contributed by atoms with E-state index in [9.17, 15) is 18.6 Å². The number of aliphatic hydroxyl groups excluding tert-OH is 1. The zero-order chi connectivity index (χ0) is 14.7. The van der Waals surface area contributed by atoms with Gasteiger partial charge in [-0.2, -0.15) is 0 Å². The van der Waals surface area contributed by atoms with Crippen LogP contribution in [0.1, 0.15) is 19.8 Å². The Labute approximate surface area is 130 Å². The highest BCUT2D eigenvalue weighted by Gasteiger charge is 2.31. The summed E-state index contributed by atoms with van der Waals surface area (Å²) in [4.78, 5) is 0.198. The van der Waals surface area contributed by atoms with Gasteiger partial charge in [-0.15, -0.1) is 0 Å². The normalized spacial score (nSPS) is 16.9. The third-order valence-electron chi connectivity index (χ3n) is 2.82. The lowest BCUT2D eigenvalue weighted by molar-refractivity contribution is -0.00466. The summed E-state index contributed by atoms with van der Waals surface area (Å²) >= 11 is 6.20. The van der Waals surface area contributed by atoms with Crippen molar-refractivity contribution in [3.05, 3.63) is 28.7 Å². The Balaban J connectivity index is 2.77. The molecule has 0 aliphatic heterocycles. The predicted octanol–water partition coefficient (Wildman–Crippen LogP) is 2.47. The van der Waals surface area contributed by atoms with Gasteiger partial charge in [0.05, 0.1) is 16.8 Å². The Hall–Kier alpha value is 0.0500. The summed E-state index contributed by atoms with van der Waals surface area (Å²) in [5.74, 6) is -0.224. The first-order valence-electron chi connectivity index (χ1n) is 5.76. The van der Waals surface area contributed by atoms with Crippen LogP contribution < -0.4 is 0 Å². The van der Waals surface area contributed by atoms with E-state index in [0.717, 1.165) is 0 Å². The fraction of sp³-hybridized carbons (Fsp3) is 0.500. The number of halogens is 2. The molecular formula is C12H16Br2O4S. The van der Waals surface area contributed by atoms with Crippen molar-refractivity contribution >= 4 is 41.7 Å². The molecule has 7 heteroatoms. The molecule has 0 aliphatic carbocycles. The molecular weight excluding hydrogens is 400 g/mol. The van der Waals surface area contributed by atoms with E-state index in [-0.39, 0.29) is 23.5 Å². The molecule has 0 aliphatic rings. The lowest BCUT2D eigenvalue weighted by atomic mass is 10.1. The van der Waals surface area contributed by atoms with Crippen LogP contribution >= 0.6 is 31.9 Å². The van der Waals surface area contributed by atoms with E-state index in [1.807, 2.05) is 0 Å². The number of hydrogen-bond acceptors (Lipinski definition) is 4. The molecule has 1 aromatic carbocycles. The van der Waals surface area contributed by atoms with Crippen molar-refractivity contribution in [2.75, 3.05) is 5.75 Å². The van der Waals surface area contributed by atoms with E-state index >= 15 is 0 Å². The maximum Gasteiger partial charge on any atom is 0.178 e. The second kappa shape index (κ2) is 6.67. The Morgan fingerprint density at radius 3 is 2.58 bits per heavy atom. The van der Waals surface area contributed by atoms with E-state index in [1.54, 1.807) is 19.1 Å². The van der Waals surface area contributed by atoms with Crippen molar-refractivity contribution in [2.45, 2.75) is 35.3 Å². The van der Waals surface area contributed by atoms with Gasteiger partial charge in [0.25, 0.3) is 0 Å². The summed E-state index contributed by atoms with van der Waals surface area (Å²) in [6, 6.07) is 6.40. The molecule has 108 valence electrons. The fourth-order valence-corrected chi connectivity index (χ4v) is 3.64. The molecule has 0 aromatic heterocycles. The van der Waals surface area contributed by atoms with Gasteiger partial charge in [0.15, 0.2) is 9.84 Å². The maximum absolute atomic E-state index is 12.1. The molecule has 0 saturated carbocycles. The van der Waals surface area contributed by atoms with Gasteiger partial charge >= 0.3 is 0 Å². The molecule has 0 fully saturated rings. The van der Waals surface area contributed by atoms with Crippen LogP contribution in [0.3, 0.4) is 0 Å². The number of alkyl halides is 1. The first-order valence-corrected chi connectivity index (χ1v) is 9.00. The Kier molecular flexibility index (Phi) is 6.00. The van der Waals surface area contributed by atoms with Gasteiger partial charge in [0.2, 0.25) is 0 Å². The monoisotopic (exact) mass is 414 g/mol. The fourth-order valence-electron chi connectivity index (χ4n) is 1.50. The van der Waals surface area contributed by atoms with Gasteiger partial charge in [-0.25, -0.2) is 8.42 Å². The molecule has 19 heavy (non-hydrogen) atoms. The van der Waals surface area contributed by atoms with Gasteiger partial charge < -0.3 is 10.2 Å². The summed E-state index contributed by atoms with van der Waals surface area (Å²) in [5, 5.41) is 19.5. The molecule has 1 rings (SSSR count). The smallest absolute Gasteiger partial charge is 0.178 e. The van der Waals surface area contributed by atoms with E-state index in [1.165, 1.54) is 12.1 Å². The summed E-state index contributed by atoms with van der Waals surface area (Å²) in [6.07, 6.45) is -0.894.